The van der Waals surface area contributed by atoms with Crippen molar-refractivity contribution in [1.29, 1.82) is 0 Å². The van der Waals surface area contributed by atoms with Crippen molar-refractivity contribution in [3.8, 4) is 5.75 Å². The van der Waals surface area contributed by atoms with Gasteiger partial charge in [0.2, 0.25) is 0 Å². The molecule has 0 unspecified atom stereocenters. The van der Waals surface area contributed by atoms with Crippen molar-refractivity contribution in [2.75, 3.05) is 27.7 Å². The highest BCUT2D eigenvalue weighted by molar-refractivity contribution is 7.99. The molecule has 1 atom stereocenters. The molecular formula is C19H22F2N2O2S. The Balaban J connectivity index is 2.03. The number of hydrogen-bond donors (Lipinski definition) is 1. The molecule has 2 rings (SSSR count). The first kappa shape index (κ1) is 20.2. The van der Waals surface area contributed by atoms with Gasteiger partial charge in [-0.2, -0.15) is 8.78 Å². The lowest BCUT2D eigenvalue weighted by atomic mass is 10.1. The fourth-order valence-electron chi connectivity index (χ4n) is 2.53. The van der Waals surface area contributed by atoms with Crippen LogP contribution in [0.4, 0.5) is 8.78 Å². The van der Waals surface area contributed by atoms with Crippen molar-refractivity contribution in [1.82, 2.24) is 10.2 Å². The minimum Gasteiger partial charge on any atom is -0.497 e. The Morgan fingerprint density at radius 1 is 1.19 bits per heavy atom. The second-order valence-corrected chi connectivity index (χ2v) is 6.93. The lowest BCUT2D eigenvalue weighted by Crippen LogP contribution is -2.34. The zero-order valence-corrected chi connectivity index (χ0v) is 15.7. The fourth-order valence-corrected chi connectivity index (χ4v) is 3.03. The van der Waals surface area contributed by atoms with Gasteiger partial charge in [0.1, 0.15) is 5.75 Å². The largest absolute Gasteiger partial charge is 0.497 e. The maximum Gasteiger partial charge on any atom is 0.288 e. The summed E-state index contributed by atoms with van der Waals surface area (Å²) in [5.74, 6) is -1.96. The standard InChI is InChI=1S/C19H22F2N2O2S/c1-23(2)17(14-5-4-6-15(11-14)25-3)12-22-18(24)13-7-9-16(10-8-13)26-19(20)21/h4-11,17,19H,12H2,1-3H3,(H,22,24)/t17-/m1/s1. The summed E-state index contributed by atoms with van der Waals surface area (Å²) in [6.45, 7) is 0.409. The van der Waals surface area contributed by atoms with Crippen molar-refractivity contribution in [2.24, 2.45) is 0 Å². The van der Waals surface area contributed by atoms with Crippen molar-refractivity contribution in [3.63, 3.8) is 0 Å². The molecule has 2 aromatic rings. The summed E-state index contributed by atoms with van der Waals surface area (Å²) >= 11 is 0.458. The molecule has 4 nitrogen and oxygen atoms in total. The summed E-state index contributed by atoms with van der Waals surface area (Å²) in [5, 5.41) is 2.90. The molecule has 0 aliphatic carbocycles. The number of nitrogens with zero attached hydrogens (tertiary/aromatic N) is 1. The van der Waals surface area contributed by atoms with E-state index >= 15 is 0 Å². The highest BCUT2D eigenvalue weighted by Gasteiger charge is 2.17. The normalized spacial score (nSPS) is 12.3. The van der Waals surface area contributed by atoms with E-state index in [-0.39, 0.29) is 11.9 Å². The maximum absolute atomic E-state index is 12.4. The van der Waals surface area contributed by atoms with Crippen LogP contribution in [0.15, 0.2) is 53.4 Å². The molecule has 0 saturated carbocycles. The third-order valence-corrected chi connectivity index (χ3v) is 4.62. The molecule has 0 aromatic heterocycles. The first-order valence-electron chi connectivity index (χ1n) is 8.04. The zero-order chi connectivity index (χ0) is 19.1. The van der Waals surface area contributed by atoms with E-state index in [1.165, 1.54) is 12.1 Å². The smallest absolute Gasteiger partial charge is 0.288 e. The SMILES string of the molecule is COc1cccc([C@@H](CNC(=O)c2ccc(SC(F)F)cc2)N(C)C)c1. The molecule has 0 heterocycles. The summed E-state index contributed by atoms with van der Waals surface area (Å²) in [5.41, 5.74) is 1.46. The molecule has 0 aliphatic rings. The number of alkyl halides is 2. The molecular weight excluding hydrogens is 358 g/mol. The maximum atomic E-state index is 12.4. The van der Waals surface area contributed by atoms with E-state index in [4.69, 9.17) is 4.74 Å². The predicted octanol–water partition coefficient (Wildman–Crippen LogP) is 4.04. The van der Waals surface area contributed by atoms with Crippen LogP contribution in [0, 0.1) is 0 Å². The third-order valence-electron chi connectivity index (χ3n) is 3.90. The van der Waals surface area contributed by atoms with Gasteiger partial charge in [0.05, 0.1) is 13.2 Å². The van der Waals surface area contributed by atoms with Crippen molar-refractivity contribution < 1.29 is 18.3 Å². The quantitative estimate of drug-likeness (QED) is 0.702. The van der Waals surface area contributed by atoms with Crippen LogP contribution in [0.5, 0.6) is 5.75 Å². The van der Waals surface area contributed by atoms with Crippen LogP contribution >= 0.6 is 11.8 Å². The summed E-state index contributed by atoms with van der Waals surface area (Å²) in [6, 6.07) is 13.8. The van der Waals surface area contributed by atoms with E-state index in [2.05, 4.69) is 5.32 Å². The number of carbonyl (C=O) groups excluding carboxylic acids is 1. The van der Waals surface area contributed by atoms with Crippen molar-refractivity contribution in [3.05, 3.63) is 59.7 Å². The number of carbonyl (C=O) groups is 1. The van der Waals surface area contributed by atoms with Gasteiger partial charge in [0.15, 0.2) is 0 Å². The average molecular weight is 380 g/mol. The highest BCUT2D eigenvalue weighted by atomic mass is 32.2. The van der Waals surface area contributed by atoms with Crippen LogP contribution < -0.4 is 10.1 Å². The molecule has 26 heavy (non-hydrogen) atoms. The van der Waals surface area contributed by atoms with E-state index in [0.717, 1.165) is 11.3 Å². The molecule has 1 N–H and O–H groups in total. The van der Waals surface area contributed by atoms with Crippen LogP contribution in [0.2, 0.25) is 0 Å². The predicted molar refractivity (Wildman–Crippen MR) is 100 cm³/mol. The summed E-state index contributed by atoms with van der Waals surface area (Å²) in [4.78, 5) is 14.8. The molecule has 0 saturated heterocycles. The Morgan fingerprint density at radius 3 is 2.46 bits per heavy atom. The number of benzene rings is 2. The number of nitrogens with one attached hydrogen (secondary N) is 1. The molecule has 0 radical (unpaired) electrons. The van der Waals surface area contributed by atoms with E-state index in [0.29, 0.717) is 28.8 Å². The molecule has 0 fully saturated rings. The van der Waals surface area contributed by atoms with Gasteiger partial charge in [-0.15, -0.1) is 0 Å². The number of methoxy groups -OCH3 is 1. The Morgan fingerprint density at radius 2 is 1.88 bits per heavy atom. The van der Waals surface area contributed by atoms with Gasteiger partial charge in [-0.3, -0.25) is 4.79 Å². The van der Waals surface area contributed by atoms with Gasteiger partial charge in [0.25, 0.3) is 11.7 Å². The first-order valence-corrected chi connectivity index (χ1v) is 8.92. The minimum absolute atomic E-state index is 0.0253. The summed E-state index contributed by atoms with van der Waals surface area (Å²) in [7, 11) is 5.49. The summed E-state index contributed by atoms with van der Waals surface area (Å²) < 4.78 is 30.0. The number of likely N-dealkylation sites (N-methyl/N-ethyl adjacent to an activating group) is 1. The zero-order valence-electron chi connectivity index (χ0n) is 14.9. The highest BCUT2D eigenvalue weighted by Crippen LogP contribution is 2.25. The van der Waals surface area contributed by atoms with E-state index in [1.807, 2.05) is 43.3 Å². The van der Waals surface area contributed by atoms with Crippen LogP contribution in [-0.2, 0) is 0 Å². The average Bonchev–Trinajstić information content (AvgIpc) is 2.61. The van der Waals surface area contributed by atoms with E-state index < -0.39 is 5.76 Å². The van der Waals surface area contributed by atoms with Crippen molar-refractivity contribution >= 4 is 17.7 Å². The van der Waals surface area contributed by atoms with E-state index in [9.17, 15) is 13.6 Å². The van der Waals surface area contributed by atoms with Crippen LogP contribution in [0.3, 0.4) is 0 Å². The number of ether oxygens (including phenoxy) is 1. The lowest BCUT2D eigenvalue weighted by molar-refractivity contribution is 0.0942. The van der Waals surface area contributed by atoms with E-state index in [1.54, 1.807) is 19.2 Å². The van der Waals surface area contributed by atoms with Gasteiger partial charge in [0, 0.05) is 17.0 Å². The molecule has 0 bridgehead atoms. The molecule has 0 aliphatic heterocycles. The number of halogens is 2. The van der Waals surface area contributed by atoms with Crippen molar-refractivity contribution in [2.45, 2.75) is 16.7 Å². The number of hydrogen-bond acceptors (Lipinski definition) is 4. The molecule has 0 spiro atoms. The Kier molecular flexibility index (Phi) is 7.41. The number of rotatable bonds is 8. The molecule has 7 heteroatoms. The molecule has 140 valence electrons. The second-order valence-electron chi connectivity index (χ2n) is 5.87. The van der Waals surface area contributed by atoms with Gasteiger partial charge < -0.3 is 15.0 Å². The Labute approximate surface area is 156 Å². The van der Waals surface area contributed by atoms with Gasteiger partial charge in [-0.1, -0.05) is 23.9 Å². The van der Waals surface area contributed by atoms with Crippen LogP contribution in [0.25, 0.3) is 0 Å². The van der Waals surface area contributed by atoms with Crippen LogP contribution in [0.1, 0.15) is 22.0 Å². The molecule has 1 amide bonds. The number of thioether (sulfide) groups is 1. The molecule has 2 aromatic carbocycles. The third kappa shape index (κ3) is 5.71. The number of amides is 1. The van der Waals surface area contributed by atoms with Crippen LogP contribution in [-0.4, -0.2) is 44.3 Å². The second kappa shape index (κ2) is 9.54. The topological polar surface area (TPSA) is 41.6 Å². The monoisotopic (exact) mass is 380 g/mol. The minimum atomic E-state index is -2.47. The van der Waals surface area contributed by atoms with Gasteiger partial charge in [-0.05, 0) is 56.1 Å². The lowest BCUT2D eigenvalue weighted by Gasteiger charge is -2.25. The van der Waals surface area contributed by atoms with Gasteiger partial charge in [-0.25, -0.2) is 0 Å². The van der Waals surface area contributed by atoms with Gasteiger partial charge >= 0.3 is 0 Å². The Bertz CT molecular complexity index is 724. The fraction of sp³-hybridized carbons (Fsp3) is 0.316. The Hall–Kier alpha value is -2.12. The summed E-state index contributed by atoms with van der Waals surface area (Å²) in [6.07, 6.45) is 0. The first-order chi connectivity index (χ1) is 12.4.